The highest BCUT2D eigenvalue weighted by atomic mass is 35.5. The third kappa shape index (κ3) is 6.85. The summed E-state index contributed by atoms with van der Waals surface area (Å²) in [4.78, 5) is 28.3. The summed E-state index contributed by atoms with van der Waals surface area (Å²) in [6.45, 7) is 10.7. The van der Waals surface area contributed by atoms with E-state index in [1.54, 1.807) is 0 Å². The number of anilines is 2. The Labute approximate surface area is 184 Å². The van der Waals surface area contributed by atoms with Crippen molar-refractivity contribution in [2.24, 2.45) is 11.8 Å². The Balaban J connectivity index is 2.03. The molecule has 2 rings (SSSR count). The minimum atomic E-state index is -0.0967. The summed E-state index contributed by atoms with van der Waals surface area (Å²) < 4.78 is 0. The van der Waals surface area contributed by atoms with E-state index < -0.39 is 0 Å². The number of nitrogens with zero attached hydrogens (tertiary/aromatic N) is 2. The number of nitrogens with one attached hydrogen (secondary N) is 2. The maximum absolute atomic E-state index is 12.2. The molecule has 8 heteroatoms. The van der Waals surface area contributed by atoms with E-state index in [-0.39, 0.29) is 22.8 Å². The van der Waals surface area contributed by atoms with Gasteiger partial charge in [0.15, 0.2) is 5.11 Å². The summed E-state index contributed by atoms with van der Waals surface area (Å²) in [5, 5.41) is 6.71. The van der Waals surface area contributed by atoms with Crippen molar-refractivity contribution in [3.8, 4) is 0 Å². The molecule has 1 fully saturated rings. The van der Waals surface area contributed by atoms with Crippen LogP contribution in [-0.2, 0) is 9.59 Å². The fourth-order valence-corrected chi connectivity index (χ4v) is 3.73. The van der Waals surface area contributed by atoms with Gasteiger partial charge < -0.3 is 20.4 Å². The third-order valence-electron chi connectivity index (χ3n) is 4.84. The topological polar surface area (TPSA) is 64.7 Å². The molecule has 29 heavy (non-hydrogen) atoms. The van der Waals surface area contributed by atoms with Crippen molar-refractivity contribution >= 4 is 52.1 Å². The van der Waals surface area contributed by atoms with Crippen molar-refractivity contribution < 1.29 is 9.59 Å². The lowest BCUT2D eigenvalue weighted by Crippen LogP contribution is -2.50. The Morgan fingerprint density at radius 2 is 1.79 bits per heavy atom. The average molecular weight is 439 g/mol. The number of hydrogen-bond donors (Lipinski definition) is 2. The van der Waals surface area contributed by atoms with Crippen LogP contribution in [0.3, 0.4) is 0 Å². The van der Waals surface area contributed by atoms with Crippen LogP contribution >= 0.6 is 23.8 Å². The summed E-state index contributed by atoms with van der Waals surface area (Å²) in [6, 6.07) is 5.56. The van der Waals surface area contributed by atoms with Crippen LogP contribution in [0.25, 0.3) is 0 Å². The van der Waals surface area contributed by atoms with E-state index in [9.17, 15) is 9.59 Å². The van der Waals surface area contributed by atoms with Gasteiger partial charge in [-0.05, 0) is 36.7 Å². The van der Waals surface area contributed by atoms with Crippen molar-refractivity contribution in [1.29, 1.82) is 0 Å². The summed E-state index contributed by atoms with van der Waals surface area (Å²) >= 11 is 11.8. The first-order valence-corrected chi connectivity index (χ1v) is 10.9. The smallest absolute Gasteiger partial charge is 0.226 e. The lowest BCUT2D eigenvalue weighted by molar-refractivity contribution is -0.134. The highest BCUT2D eigenvalue weighted by Gasteiger charge is 2.25. The van der Waals surface area contributed by atoms with Gasteiger partial charge in [0, 0.05) is 38.5 Å². The predicted molar refractivity (Wildman–Crippen MR) is 124 cm³/mol. The molecule has 0 bridgehead atoms. The van der Waals surface area contributed by atoms with Gasteiger partial charge in [0.05, 0.1) is 16.4 Å². The van der Waals surface area contributed by atoms with E-state index in [0.29, 0.717) is 43.5 Å². The van der Waals surface area contributed by atoms with Gasteiger partial charge in [0.2, 0.25) is 11.8 Å². The highest BCUT2D eigenvalue weighted by Crippen LogP contribution is 2.34. The van der Waals surface area contributed by atoms with Gasteiger partial charge in [0.25, 0.3) is 0 Å². The maximum Gasteiger partial charge on any atom is 0.226 e. The summed E-state index contributed by atoms with van der Waals surface area (Å²) in [6.07, 6.45) is 1.25. The molecule has 160 valence electrons. The monoisotopic (exact) mass is 438 g/mol. The number of halogens is 1. The third-order valence-corrected chi connectivity index (χ3v) is 5.35. The maximum atomic E-state index is 12.2. The van der Waals surface area contributed by atoms with Crippen LogP contribution in [-0.4, -0.2) is 48.0 Å². The number of rotatable bonds is 6. The van der Waals surface area contributed by atoms with Gasteiger partial charge in [-0.1, -0.05) is 45.4 Å². The van der Waals surface area contributed by atoms with E-state index in [1.165, 1.54) is 0 Å². The van der Waals surface area contributed by atoms with Crippen LogP contribution in [0, 0.1) is 11.8 Å². The quantitative estimate of drug-likeness (QED) is 0.659. The van der Waals surface area contributed by atoms with Crippen LogP contribution in [0.2, 0.25) is 5.02 Å². The molecule has 1 saturated heterocycles. The Kier molecular flexibility index (Phi) is 8.71. The number of benzene rings is 1. The van der Waals surface area contributed by atoms with Crippen LogP contribution in [0.5, 0.6) is 0 Å². The van der Waals surface area contributed by atoms with Gasteiger partial charge >= 0.3 is 0 Å². The predicted octanol–water partition coefficient (Wildman–Crippen LogP) is 3.89. The zero-order chi connectivity index (χ0) is 21.6. The van der Waals surface area contributed by atoms with Crippen LogP contribution in [0.1, 0.15) is 40.5 Å². The average Bonchev–Trinajstić information content (AvgIpc) is 2.66. The fourth-order valence-electron chi connectivity index (χ4n) is 3.22. The molecule has 0 radical (unpaired) electrons. The van der Waals surface area contributed by atoms with Crippen LogP contribution in [0.15, 0.2) is 18.2 Å². The number of amides is 2. The molecule has 0 aliphatic carbocycles. The number of hydrogen-bond acceptors (Lipinski definition) is 4. The normalized spacial score (nSPS) is 14.3. The highest BCUT2D eigenvalue weighted by molar-refractivity contribution is 7.80. The minimum Gasteiger partial charge on any atom is -0.365 e. The molecule has 0 aromatic heterocycles. The zero-order valence-corrected chi connectivity index (χ0v) is 19.2. The van der Waals surface area contributed by atoms with Gasteiger partial charge in [-0.2, -0.15) is 0 Å². The number of piperazine rings is 1. The zero-order valence-electron chi connectivity index (χ0n) is 17.6. The van der Waals surface area contributed by atoms with Crippen LogP contribution < -0.4 is 15.5 Å². The van der Waals surface area contributed by atoms with E-state index in [0.717, 1.165) is 17.8 Å². The van der Waals surface area contributed by atoms with Crippen LogP contribution in [0.4, 0.5) is 11.4 Å². The number of para-hydroxylation sites is 1. The fraction of sp³-hybridized carbons (Fsp3) is 0.571. The second-order valence-electron chi connectivity index (χ2n) is 8.04. The molecule has 1 heterocycles. The summed E-state index contributed by atoms with van der Waals surface area (Å²) in [5.41, 5.74) is 1.58. The van der Waals surface area contributed by atoms with E-state index in [1.807, 2.05) is 36.9 Å². The molecule has 6 nitrogen and oxygen atoms in total. The van der Waals surface area contributed by atoms with Crippen molar-refractivity contribution in [2.75, 3.05) is 36.4 Å². The van der Waals surface area contributed by atoms with Gasteiger partial charge in [-0.3, -0.25) is 9.59 Å². The van der Waals surface area contributed by atoms with Crippen molar-refractivity contribution in [1.82, 2.24) is 10.2 Å². The Hall–Kier alpha value is -1.86. The standard InChI is InChI=1S/C21H31ClN4O2S/c1-14(2)8-9-18(27)24-21(29)23-17-7-5-6-16(22)19(17)25-10-12-26(13-11-25)20(28)15(3)4/h5-7,14-15H,8-13H2,1-4H3,(H2,23,24,27,29). The number of thiocarbonyl (C=S) groups is 1. The van der Waals surface area contributed by atoms with Crippen molar-refractivity contribution in [3.63, 3.8) is 0 Å². The first kappa shape index (κ1) is 23.4. The molecule has 2 amide bonds. The molecular weight excluding hydrogens is 408 g/mol. The van der Waals surface area contributed by atoms with E-state index >= 15 is 0 Å². The van der Waals surface area contributed by atoms with Crippen molar-refractivity contribution in [3.05, 3.63) is 23.2 Å². The van der Waals surface area contributed by atoms with Gasteiger partial charge in [0.1, 0.15) is 0 Å². The number of carbonyl (C=O) groups is 2. The molecule has 0 spiro atoms. The molecule has 1 aromatic carbocycles. The second-order valence-corrected chi connectivity index (χ2v) is 8.85. The Morgan fingerprint density at radius 1 is 1.14 bits per heavy atom. The summed E-state index contributed by atoms with van der Waals surface area (Å²) in [7, 11) is 0. The van der Waals surface area contributed by atoms with Crippen molar-refractivity contribution in [2.45, 2.75) is 40.5 Å². The van der Waals surface area contributed by atoms with Gasteiger partial charge in [-0.15, -0.1) is 0 Å². The molecular formula is C21H31ClN4O2S. The minimum absolute atomic E-state index is 0.00392. The summed E-state index contributed by atoms with van der Waals surface area (Å²) in [5.74, 6) is 0.534. The molecule has 0 atom stereocenters. The Morgan fingerprint density at radius 3 is 2.38 bits per heavy atom. The Bertz CT molecular complexity index is 746. The van der Waals surface area contributed by atoms with E-state index in [4.69, 9.17) is 23.8 Å². The molecule has 1 aromatic rings. The molecule has 0 unspecified atom stereocenters. The second kappa shape index (κ2) is 10.8. The lowest BCUT2D eigenvalue weighted by Gasteiger charge is -2.38. The van der Waals surface area contributed by atoms with E-state index in [2.05, 4.69) is 29.4 Å². The number of carbonyl (C=O) groups excluding carboxylic acids is 2. The molecule has 1 aliphatic rings. The first-order chi connectivity index (χ1) is 13.7. The lowest BCUT2D eigenvalue weighted by atomic mass is 10.1. The first-order valence-electron chi connectivity index (χ1n) is 10.1. The largest absolute Gasteiger partial charge is 0.365 e. The molecule has 2 N–H and O–H groups in total. The molecule has 0 saturated carbocycles. The SMILES string of the molecule is CC(C)CCC(=O)NC(=S)Nc1cccc(Cl)c1N1CCN(C(=O)C(C)C)CC1. The van der Waals surface area contributed by atoms with Gasteiger partial charge in [-0.25, -0.2) is 0 Å². The molecule has 1 aliphatic heterocycles.